The first-order chi connectivity index (χ1) is 16.1. The SMILES string of the molecule is C=C1[C@H]2CC[C@](C)(O)[C@H](OC(=O)[C@](OC)(c3ccccc3)C(F)(F)F)[C@H]2O[C@]12OC(C)(C)CC2=O. The Labute approximate surface area is 201 Å². The number of Topliss-reactive ketones (excluding diaryl/α,β-unsaturated/α-hetero) is 1. The fraction of sp³-hybridized carbons (Fsp3) is 0.600. The Kier molecular flexibility index (Phi) is 5.99. The van der Waals surface area contributed by atoms with Crippen molar-refractivity contribution in [2.75, 3.05) is 7.11 Å². The standard InChI is InChI=1S/C25H29F3O7/c1-14-16-11-12-22(4,31)19(18(16)34-24(14)17(29)13-21(2,3)35-24)33-20(30)23(32-5,25(26,27)28)15-9-7-6-8-10-15/h6-10,16,18-19,31H,1,11-13H2,2-5H3/t16-,18+,19-,22+,23-,24+/m1/s1. The number of esters is 1. The number of methoxy groups -OCH3 is 1. The van der Waals surface area contributed by atoms with Crippen molar-refractivity contribution in [2.24, 2.45) is 5.92 Å². The van der Waals surface area contributed by atoms with Crippen LogP contribution in [0.15, 0.2) is 42.5 Å². The monoisotopic (exact) mass is 498 g/mol. The maximum atomic E-state index is 14.4. The lowest BCUT2D eigenvalue weighted by Gasteiger charge is -2.44. The summed E-state index contributed by atoms with van der Waals surface area (Å²) in [5.41, 5.74) is -6.20. The van der Waals surface area contributed by atoms with Gasteiger partial charge in [0.05, 0.1) is 5.60 Å². The van der Waals surface area contributed by atoms with Gasteiger partial charge >= 0.3 is 12.1 Å². The summed E-state index contributed by atoms with van der Waals surface area (Å²) in [7, 11) is 0.763. The number of carbonyl (C=O) groups excluding carboxylic acids is 2. The summed E-state index contributed by atoms with van der Waals surface area (Å²) in [5, 5.41) is 11.1. The summed E-state index contributed by atoms with van der Waals surface area (Å²) >= 11 is 0. The molecule has 0 unspecified atom stereocenters. The quantitative estimate of drug-likeness (QED) is 0.501. The number of aliphatic hydroxyl groups is 1. The Balaban J connectivity index is 1.72. The second kappa shape index (κ2) is 8.12. The van der Waals surface area contributed by atoms with E-state index < -0.39 is 58.4 Å². The van der Waals surface area contributed by atoms with Crippen LogP contribution in [-0.4, -0.2) is 59.3 Å². The van der Waals surface area contributed by atoms with Gasteiger partial charge in [-0.15, -0.1) is 0 Å². The van der Waals surface area contributed by atoms with Gasteiger partial charge in [-0.1, -0.05) is 36.9 Å². The number of rotatable bonds is 4. The summed E-state index contributed by atoms with van der Waals surface area (Å²) in [5.74, 6) is -4.51. The van der Waals surface area contributed by atoms with Crippen molar-refractivity contribution in [1.82, 2.24) is 0 Å². The lowest BCUT2D eigenvalue weighted by atomic mass is 9.73. The number of benzene rings is 1. The van der Waals surface area contributed by atoms with E-state index in [9.17, 15) is 27.9 Å². The van der Waals surface area contributed by atoms with Crippen molar-refractivity contribution in [1.29, 1.82) is 0 Å². The zero-order valence-corrected chi connectivity index (χ0v) is 20.0. The number of alkyl halides is 3. The van der Waals surface area contributed by atoms with Crippen LogP contribution in [0.1, 0.15) is 45.6 Å². The van der Waals surface area contributed by atoms with Gasteiger partial charge in [-0.25, -0.2) is 4.79 Å². The molecule has 0 aromatic heterocycles. The summed E-state index contributed by atoms with van der Waals surface area (Å²) < 4.78 is 65.3. The minimum Gasteiger partial charge on any atom is -0.454 e. The van der Waals surface area contributed by atoms with Crippen molar-refractivity contribution in [3.8, 4) is 0 Å². The van der Waals surface area contributed by atoms with E-state index in [1.54, 1.807) is 13.8 Å². The highest BCUT2D eigenvalue weighted by molar-refractivity contribution is 5.92. The molecule has 4 rings (SSSR count). The van der Waals surface area contributed by atoms with Crippen LogP contribution in [0.5, 0.6) is 0 Å². The molecule has 2 aliphatic heterocycles. The van der Waals surface area contributed by atoms with E-state index in [1.807, 2.05) is 0 Å². The highest BCUT2D eigenvalue weighted by Gasteiger charge is 2.69. The van der Waals surface area contributed by atoms with E-state index in [4.69, 9.17) is 18.9 Å². The first-order valence-electron chi connectivity index (χ1n) is 11.3. The molecule has 7 nitrogen and oxygen atoms in total. The zero-order chi connectivity index (χ0) is 26.0. The molecule has 2 saturated heterocycles. The lowest BCUT2D eigenvalue weighted by molar-refractivity contribution is -0.290. The van der Waals surface area contributed by atoms with Gasteiger partial charge in [0.2, 0.25) is 0 Å². The number of ketones is 1. The smallest absolute Gasteiger partial charge is 0.432 e. The molecule has 1 aromatic carbocycles. The van der Waals surface area contributed by atoms with E-state index in [1.165, 1.54) is 25.1 Å². The number of carbonyl (C=O) groups is 2. The van der Waals surface area contributed by atoms with Crippen LogP contribution < -0.4 is 0 Å². The molecule has 35 heavy (non-hydrogen) atoms. The van der Waals surface area contributed by atoms with Gasteiger partial charge in [-0.2, -0.15) is 13.2 Å². The van der Waals surface area contributed by atoms with Gasteiger partial charge in [0.1, 0.15) is 11.7 Å². The Morgan fingerprint density at radius 2 is 1.83 bits per heavy atom. The first-order valence-corrected chi connectivity index (χ1v) is 11.3. The molecule has 1 aliphatic carbocycles. The highest BCUT2D eigenvalue weighted by Crippen LogP contribution is 2.55. The normalized spacial score (nSPS) is 36.2. The second-order valence-corrected chi connectivity index (χ2v) is 10.3. The topological polar surface area (TPSA) is 91.3 Å². The van der Waals surface area contributed by atoms with Crippen LogP contribution in [-0.2, 0) is 34.1 Å². The van der Waals surface area contributed by atoms with Crippen LogP contribution in [0.3, 0.4) is 0 Å². The number of hydrogen-bond donors (Lipinski definition) is 1. The fourth-order valence-electron chi connectivity index (χ4n) is 5.45. The largest absolute Gasteiger partial charge is 0.454 e. The second-order valence-electron chi connectivity index (χ2n) is 10.3. The van der Waals surface area contributed by atoms with Crippen LogP contribution in [0.4, 0.5) is 13.2 Å². The molecule has 1 aromatic rings. The number of hydrogen-bond acceptors (Lipinski definition) is 7. The number of halogens is 3. The van der Waals surface area contributed by atoms with Crippen molar-refractivity contribution in [3.05, 3.63) is 48.0 Å². The van der Waals surface area contributed by atoms with E-state index in [0.29, 0.717) is 12.0 Å². The number of fused-ring (bicyclic) bond motifs is 1. The Morgan fingerprint density at radius 3 is 2.34 bits per heavy atom. The van der Waals surface area contributed by atoms with Gasteiger partial charge in [0.25, 0.3) is 11.4 Å². The average Bonchev–Trinajstić information content (AvgIpc) is 3.16. The predicted molar refractivity (Wildman–Crippen MR) is 116 cm³/mol. The molecule has 0 radical (unpaired) electrons. The molecule has 1 N–H and O–H groups in total. The van der Waals surface area contributed by atoms with Gasteiger partial charge in [0.15, 0.2) is 11.9 Å². The molecule has 3 aliphatic rings. The molecular formula is C25H29F3O7. The number of ether oxygens (including phenoxy) is 4. The van der Waals surface area contributed by atoms with Crippen molar-refractivity contribution in [2.45, 2.75) is 81.0 Å². The molecule has 0 bridgehead atoms. The summed E-state index contributed by atoms with van der Waals surface area (Å²) in [4.78, 5) is 26.2. The summed E-state index contributed by atoms with van der Waals surface area (Å²) in [6.45, 7) is 8.78. The van der Waals surface area contributed by atoms with Crippen molar-refractivity contribution >= 4 is 11.8 Å². The zero-order valence-electron chi connectivity index (χ0n) is 20.0. The third-order valence-corrected chi connectivity index (χ3v) is 7.22. The third-order valence-electron chi connectivity index (χ3n) is 7.22. The highest BCUT2D eigenvalue weighted by atomic mass is 19.4. The lowest BCUT2D eigenvalue weighted by Crippen LogP contribution is -2.59. The average molecular weight is 498 g/mol. The fourth-order valence-corrected chi connectivity index (χ4v) is 5.45. The maximum Gasteiger partial charge on any atom is 0.432 e. The maximum absolute atomic E-state index is 14.4. The molecule has 3 fully saturated rings. The molecule has 0 amide bonds. The van der Waals surface area contributed by atoms with Gasteiger partial charge < -0.3 is 24.1 Å². The van der Waals surface area contributed by atoms with Crippen LogP contribution in [0, 0.1) is 5.92 Å². The van der Waals surface area contributed by atoms with Crippen LogP contribution in [0.25, 0.3) is 0 Å². The molecule has 192 valence electrons. The van der Waals surface area contributed by atoms with Crippen molar-refractivity contribution in [3.63, 3.8) is 0 Å². The molecule has 10 heteroatoms. The first kappa shape index (κ1) is 25.8. The van der Waals surface area contributed by atoms with Crippen LogP contribution >= 0.6 is 0 Å². The predicted octanol–water partition coefficient (Wildman–Crippen LogP) is 3.58. The Bertz CT molecular complexity index is 1040. The van der Waals surface area contributed by atoms with E-state index >= 15 is 0 Å². The summed E-state index contributed by atoms with van der Waals surface area (Å²) in [6, 6.07) is 6.40. The minimum absolute atomic E-state index is 0.0428. The van der Waals surface area contributed by atoms with E-state index in [2.05, 4.69) is 6.58 Å². The third kappa shape index (κ3) is 3.82. The summed E-state index contributed by atoms with van der Waals surface area (Å²) in [6.07, 6.45) is -7.45. The molecular weight excluding hydrogens is 469 g/mol. The Morgan fingerprint density at radius 1 is 1.20 bits per heavy atom. The van der Waals surface area contributed by atoms with Gasteiger partial charge in [-0.05, 0) is 39.2 Å². The van der Waals surface area contributed by atoms with E-state index in [0.717, 1.165) is 19.2 Å². The molecule has 1 saturated carbocycles. The van der Waals surface area contributed by atoms with E-state index in [-0.39, 0.29) is 18.6 Å². The minimum atomic E-state index is -5.18. The molecule has 1 spiro atoms. The van der Waals surface area contributed by atoms with Gasteiger partial charge in [-0.3, -0.25) is 4.79 Å². The Hall–Kier alpha value is -2.27. The van der Waals surface area contributed by atoms with Gasteiger partial charge in [0, 0.05) is 25.0 Å². The van der Waals surface area contributed by atoms with Crippen molar-refractivity contribution < 1.29 is 46.8 Å². The molecule has 2 heterocycles. The van der Waals surface area contributed by atoms with Crippen LogP contribution in [0.2, 0.25) is 0 Å². The molecule has 6 atom stereocenters.